The number of hydrogen-bond acceptors (Lipinski definition) is 4. The third-order valence-electron chi connectivity index (χ3n) is 5.29. The Labute approximate surface area is 161 Å². The van der Waals surface area contributed by atoms with E-state index in [0.717, 1.165) is 17.4 Å². The first kappa shape index (κ1) is 17.9. The second-order valence-electron chi connectivity index (χ2n) is 6.99. The largest absolute Gasteiger partial charge is 0.480 e. The Hall–Kier alpha value is -2.44. The predicted octanol–water partition coefficient (Wildman–Crippen LogP) is 3.73. The van der Waals surface area contributed by atoms with Gasteiger partial charge >= 0.3 is 5.97 Å². The Kier molecular flexibility index (Phi) is 4.85. The van der Waals surface area contributed by atoms with E-state index in [-0.39, 0.29) is 5.91 Å². The first-order chi connectivity index (χ1) is 13.0. The minimum atomic E-state index is -0.842. The first-order valence-corrected chi connectivity index (χ1v) is 10.00. The summed E-state index contributed by atoms with van der Waals surface area (Å²) < 4.78 is 2.38. The zero-order valence-electron chi connectivity index (χ0n) is 15.2. The Morgan fingerprint density at radius 2 is 1.78 bits per heavy atom. The molecule has 2 heterocycles. The van der Waals surface area contributed by atoms with E-state index in [2.05, 4.69) is 12.1 Å². The second kappa shape index (κ2) is 7.29. The average molecular weight is 382 g/mol. The van der Waals surface area contributed by atoms with E-state index in [1.807, 2.05) is 35.2 Å². The van der Waals surface area contributed by atoms with Crippen LogP contribution in [0, 0.1) is 0 Å². The van der Waals surface area contributed by atoms with Crippen molar-refractivity contribution in [1.29, 1.82) is 0 Å². The van der Waals surface area contributed by atoms with Gasteiger partial charge in [-0.25, -0.2) is 0 Å². The topological polar surface area (TPSA) is 60.9 Å². The molecule has 0 spiro atoms. The molecule has 1 amide bonds. The Balaban J connectivity index is 1.70. The SMILES string of the molecule is CC(=O)N1CCCN(C(C(=O)O)c2ccc3sc4ccccc4c3c2)CC1. The number of benzene rings is 2. The molecule has 1 aromatic heterocycles. The van der Waals surface area contributed by atoms with Crippen molar-refractivity contribution in [1.82, 2.24) is 9.80 Å². The number of amides is 1. The zero-order chi connectivity index (χ0) is 19.0. The van der Waals surface area contributed by atoms with Gasteiger partial charge in [-0.15, -0.1) is 11.3 Å². The number of carbonyl (C=O) groups is 2. The van der Waals surface area contributed by atoms with Gasteiger partial charge in [0.1, 0.15) is 6.04 Å². The van der Waals surface area contributed by atoms with Crippen LogP contribution in [0.3, 0.4) is 0 Å². The number of hydrogen-bond donors (Lipinski definition) is 1. The molecule has 0 bridgehead atoms. The molecule has 1 saturated heterocycles. The number of carboxylic acids is 1. The van der Waals surface area contributed by atoms with Crippen LogP contribution in [-0.2, 0) is 9.59 Å². The van der Waals surface area contributed by atoms with Crippen molar-refractivity contribution in [3.05, 3.63) is 48.0 Å². The maximum absolute atomic E-state index is 12.1. The van der Waals surface area contributed by atoms with Crippen LogP contribution in [0.1, 0.15) is 24.9 Å². The van der Waals surface area contributed by atoms with Crippen molar-refractivity contribution in [2.45, 2.75) is 19.4 Å². The van der Waals surface area contributed by atoms with Crippen molar-refractivity contribution in [3.8, 4) is 0 Å². The van der Waals surface area contributed by atoms with Gasteiger partial charge in [0.15, 0.2) is 0 Å². The molecule has 1 atom stereocenters. The van der Waals surface area contributed by atoms with Gasteiger partial charge in [-0.2, -0.15) is 0 Å². The molecule has 6 heteroatoms. The van der Waals surface area contributed by atoms with E-state index < -0.39 is 12.0 Å². The maximum Gasteiger partial charge on any atom is 0.325 e. The molecule has 0 saturated carbocycles. The number of carbonyl (C=O) groups excluding carboxylic acids is 1. The van der Waals surface area contributed by atoms with E-state index in [4.69, 9.17) is 0 Å². The number of rotatable bonds is 3. The van der Waals surface area contributed by atoms with Gasteiger partial charge in [-0.1, -0.05) is 24.3 Å². The number of thiophene rings is 1. The Bertz CT molecular complexity index is 1010. The third-order valence-corrected chi connectivity index (χ3v) is 6.44. The summed E-state index contributed by atoms with van der Waals surface area (Å²) in [5.41, 5.74) is 0.801. The molecular weight excluding hydrogens is 360 g/mol. The molecule has 1 fully saturated rings. The van der Waals surface area contributed by atoms with Gasteiger partial charge in [0, 0.05) is 53.3 Å². The molecular formula is C21H22N2O3S. The first-order valence-electron chi connectivity index (χ1n) is 9.18. The molecule has 2 aromatic carbocycles. The summed E-state index contributed by atoms with van der Waals surface area (Å²) >= 11 is 1.73. The highest BCUT2D eigenvalue weighted by Gasteiger charge is 2.29. The van der Waals surface area contributed by atoms with Crippen LogP contribution >= 0.6 is 11.3 Å². The van der Waals surface area contributed by atoms with Crippen molar-refractivity contribution >= 4 is 43.4 Å². The number of fused-ring (bicyclic) bond motifs is 3. The van der Waals surface area contributed by atoms with Crippen molar-refractivity contribution in [3.63, 3.8) is 0 Å². The van der Waals surface area contributed by atoms with Gasteiger partial charge < -0.3 is 10.0 Å². The highest BCUT2D eigenvalue weighted by molar-refractivity contribution is 7.25. The van der Waals surface area contributed by atoms with Gasteiger partial charge in [0.25, 0.3) is 0 Å². The van der Waals surface area contributed by atoms with Crippen LogP contribution in [0.4, 0.5) is 0 Å². The fourth-order valence-corrected chi connectivity index (χ4v) is 5.02. The predicted molar refractivity (Wildman–Crippen MR) is 108 cm³/mol. The minimum absolute atomic E-state index is 0.0508. The second-order valence-corrected chi connectivity index (χ2v) is 8.07. The number of nitrogens with zero attached hydrogens (tertiary/aromatic N) is 2. The van der Waals surface area contributed by atoms with Gasteiger partial charge in [-0.3, -0.25) is 14.5 Å². The van der Waals surface area contributed by atoms with Crippen LogP contribution in [-0.4, -0.2) is 53.0 Å². The molecule has 1 unspecified atom stereocenters. The van der Waals surface area contributed by atoms with Crippen LogP contribution in [0.25, 0.3) is 20.2 Å². The van der Waals surface area contributed by atoms with Crippen molar-refractivity contribution in [2.24, 2.45) is 0 Å². The molecule has 0 aliphatic carbocycles. The van der Waals surface area contributed by atoms with Crippen molar-refractivity contribution < 1.29 is 14.7 Å². The lowest BCUT2D eigenvalue weighted by Crippen LogP contribution is -2.38. The quantitative estimate of drug-likeness (QED) is 0.750. The van der Waals surface area contributed by atoms with Gasteiger partial charge in [0.05, 0.1) is 0 Å². The molecule has 27 heavy (non-hydrogen) atoms. The van der Waals surface area contributed by atoms with Crippen LogP contribution in [0.15, 0.2) is 42.5 Å². The summed E-state index contributed by atoms with van der Waals surface area (Å²) in [7, 11) is 0. The summed E-state index contributed by atoms with van der Waals surface area (Å²) in [4.78, 5) is 27.6. The highest BCUT2D eigenvalue weighted by Crippen LogP contribution is 2.36. The summed E-state index contributed by atoms with van der Waals surface area (Å²) in [6, 6.07) is 13.5. The smallest absolute Gasteiger partial charge is 0.325 e. The fraction of sp³-hybridized carbons (Fsp3) is 0.333. The van der Waals surface area contributed by atoms with Crippen molar-refractivity contribution in [2.75, 3.05) is 26.2 Å². The molecule has 4 rings (SSSR count). The summed E-state index contributed by atoms with van der Waals surface area (Å²) in [6.07, 6.45) is 0.785. The molecule has 3 aromatic rings. The highest BCUT2D eigenvalue weighted by atomic mass is 32.1. The number of carboxylic acid groups (broad SMARTS) is 1. The van der Waals surface area contributed by atoms with Gasteiger partial charge in [-0.05, 0) is 30.2 Å². The lowest BCUT2D eigenvalue weighted by Gasteiger charge is -2.28. The van der Waals surface area contributed by atoms with E-state index >= 15 is 0 Å². The summed E-state index contributed by atoms with van der Waals surface area (Å²) in [6.45, 7) is 4.07. The van der Waals surface area contributed by atoms with Crippen LogP contribution < -0.4 is 0 Å². The molecule has 1 aliphatic rings. The summed E-state index contributed by atoms with van der Waals surface area (Å²) in [5.74, 6) is -0.792. The number of aliphatic carboxylic acids is 1. The van der Waals surface area contributed by atoms with Crippen LogP contribution in [0.5, 0.6) is 0 Å². The average Bonchev–Trinajstić information content (AvgIpc) is 2.83. The molecule has 1 N–H and O–H groups in total. The fourth-order valence-electron chi connectivity index (χ4n) is 3.93. The summed E-state index contributed by atoms with van der Waals surface area (Å²) in [5, 5.41) is 12.2. The monoisotopic (exact) mass is 382 g/mol. The lowest BCUT2D eigenvalue weighted by atomic mass is 10.0. The molecule has 1 aliphatic heterocycles. The lowest BCUT2D eigenvalue weighted by molar-refractivity contribution is -0.143. The minimum Gasteiger partial charge on any atom is -0.480 e. The van der Waals surface area contributed by atoms with Gasteiger partial charge in [0.2, 0.25) is 5.91 Å². The van der Waals surface area contributed by atoms with Crippen LogP contribution in [0.2, 0.25) is 0 Å². The normalized spacial score (nSPS) is 17.1. The van der Waals surface area contributed by atoms with E-state index in [0.29, 0.717) is 26.2 Å². The molecule has 0 radical (unpaired) electrons. The maximum atomic E-state index is 12.1. The molecule has 5 nitrogen and oxygen atoms in total. The standard InChI is InChI=1S/C21H22N2O3S/c1-14(24)22-9-4-10-23(12-11-22)20(21(25)26)15-7-8-19-17(13-15)16-5-2-3-6-18(16)27-19/h2-3,5-8,13,20H,4,9-12H2,1H3,(H,25,26). The van der Waals surface area contributed by atoms with E-state index in [1.165, 1.54) is 14.8 Å². The molecule has 140 valence electrons. The van der Waals surface area contributed by atoms with E-state index in [9.17, 15) is 14.7 Å². The zero-order valence-corrected chi connectivity index (χ0v) is 16.0. The third kappa shape index (κ3) is 3.42. The van der Waals surface area contributed by atoms with E-state index in [1.54, 1.807) is 23.2 Å². The Morgan fingerprint density at radius 1 is 1.00 bits per heavy atom. The Morgan fingerprint density at radius 3 is 2.56 bits per heavy atom.